The number of nitrogens with zero attached hydrogens (tertiary/aromatic N) is 1. The van der Waals surface area contributed by atoms with E-state index in [1.54, 1.807) is 6.07 Å². The van der Waals surface area contributed by atoms with E-state index >= 15 is 0 Å². The van der Waals surface area contributed by atoms with Crippen LogP contribution in [0.5, 0.6) is 5.75 Å². The highest BCUT2D eigenvalue weighted by molar-refractivity contribution is 5.85. The van der Waals surface area contributed by atoms with Gasteiger partial charge in [-0.25, -0.2) is 4.79 Å². The standard InChI is InChI=1S/C12H9NO5/c14-12(15)11-4-9(13-18-11)7-1-2-10-8(3-7)5-16-6-17-10/h1-4H,5-6H2,(H,14,15). The van der Waals surface area contributed by atoms with Gasteiger partial charge in [0.05, 0.1) is 6.61 Å². The third-order valence-electron chi connectivity index (χ3n) is 2.63. The van der Waals surface area contributed by atoms with Gasteiger partial charge < -0.3 is 19.1 Å². The predicted molar refractivity (Wildman–Crippen MR) is 59.2 cm³/mol. The number of benzene rings is 1. The first kappa shape index (κ1) is 10.8. The molecule has 0 bridgehead atoms. The van der Waals surface area contributed by atoms with E-state index in [0.29, 0.717) is 12.3 Å². The third-order valence-corrected chi connectivity index (χ3v) is 2.63. The van der Waals surface area contributed by atoms with E-state index in [-0.39, 0.29) is 12.6 Å². The molecule has 0 saturated carbocycles. The Kier molecular flexibility index (Phi) is 2.49. The molecule has 2 aromatic rings. The number of hydrogen-bond acceptors (Lipinski definition) is 5. The maximum Gasteiger partial charge on any atom is 0.374 e. The lowest BCUT2D eigenvalue weighted by Gasteiger charge is -2.17. The zero-order chi connectivity index (χ0) is 12.5. The summed E-state index contributed by atoms with van der Waals surface area (Å²) in [5, 5.41) is 12.5. The van der Waals surface area contributed by atoms with Crippen LogP contribution in [0.15, 0.2) is 28.8 Å². The molecular formula is C12H9NO5. The van der Waals surface area contributed by atoms with E-state index in [2.05, 4.69) is 5.16 Å². The molecule has 0 fully saturated rings. The minimum atomic E-state index is -1.14. The third kappa shape index (κ3) is 1.82. The molecule has 1 aliphatic heterocycles. The monoisotopic (exact) mass is 247 g/mol. The number of aromatic carboxylic acids is 1. The van der Waals surface area contributed by atoms with E-state index in [1.165, 1.54) is 6.07 Å². The van der Waals surface area contributed by atoms with Crippen molar-refractivity contribution in [3.63, 3.8) is 0 Å². The van der Waals surface area contributed by atoms with Gasteiger partial charge in [0.15, 0.2) is 6.79 Å². The lowest BCUT2D eigenvalue weighted by atomic mass is 10.1. The molecule has 92 valence electrons. The summed E-state index contributed by atoms with van der Waals surface area (Å²) in [6.45, 7) is 0.715. The Morgan fingerprint density at radius 1 is 1.33 bits per heavy atom. The van der Waals surface area contributed by atoms with Crippen LogP contribution in [0.25, 0.3) is 11.3 Å². The zero-order valence-electron chi connectivity index (χ0n) is 9.25. The van der Waals surface area contributed by atoms with Crippen LogP contribution >= 0.6 is 0 Å². The normalized spacial score (nSPS) is 13.8. The first-order valence-corrected chi connectivity index (χ1v) is 5.28. The van der Waals surface area contributed by atoms with Gasteiger partial charge in [0.25, 0.3) is 0 Å². The van der Waals surface area contributed by atoms with Gasteiger partial charge >= 0.3 is 5.97 Å². The summed E-state index contributed by atoms with van der Waals surface area (Å²) in [6.07, 6.45) is 0. The van der Waals surface area contributed by atoms with Crippen molar-refractivity contribution < 1.29 is 23.9 Å². The van der Waals surface area contributed by atoms with E-state index < -0.39 is 5.97 Å². The molecular weight excluding hydrogens is 238 g/mol. The van der Waals surface area contributed by atoms with Crippen LogP contribution in [0, 0.1) is 0 Å². The molecule has 1 aliphatic rings. The van der Waals surface area contributed by atoms with Gasteiger partial charge in [-0.15, -0.1) is 0 Å². The lowest BCUT2D eigenvalue weighted by Crippen LogP contribution is -2.10. The molecule has 2 heterocycles. The van der Waals surface area contributed by atoms with Crippen LogP contribution in [0.4, 0.5) is 0 Å². The SMILES string of the molecule is O=C(O)c1cc(-c2ccc3c(c2)COCO3)no1. The van der Waals surface area contributed by atoms with Crippen molar-refractivity contribution in [3.05, 3.63) is 35.6 Å². The Hall–Kier alpha value is -2.34. The van der Waals surface area contributed by atoms with Gasteiger partial charge in [-0.2, -0.15) is 0 Å². The van der Waals surface area contributed by atoms with Crippen LogP contribution in [0.3, 0.4) is 0 Å². The molecule has 0 radical (unpaired) electrons. The second kappa shape index (κ2) is 4.15. The fraction of sp³-hybridized carbons (Fsp3) is 0.167. The summed E-state index contributed by atoms with van der Waals surface area (Å²) >= 11 is 0. The van der Waals surface area contributed by atoms with Crippen molar-refractivity contribution in [2.24, 2.45) is 0 Å². The molecule has 0 amide bonds. The quantitative estimate of drug-likeness (QED) is 0.872. The van der Waals surface area contributed by atoms with Gasteiger partial charge in [-0.1, -0.05) is 5.16 Å². The highest BCUT2D eigenvalue weighted by Gasteiger charge is 2.15. The van der Waals surface area contributed by atoms with Crippen LogP contribution in [0.2, 0.25) is 0 Å². The van der Waals surface area contributed by atoms with Crippen molar-refractivity contribution in [2.45, 2.75) is 6.61 Å². The van der Waals surface area contributed by atoms with Gasteiger partial charge in [0.2, 0.25) is 5.76 Å². The fourth-order valence-corrected chi connectivity index (χ4v) is 1.76. The zero-order valence-corrected chi connectivity index (χ0v) is 9.25. The van der Waals surface area contributed by atoms with Crippen molar-refractivity contribution >= 4 is 5.97 Å². The smallest absolute Gasteiger partial charge is 0.374 e. The van der Waals surface area contributed by atoms with E-state index in [4.69, 9.17) is 19.1 Å². The largest absolute Gasteiger partial charge is 0.475 e. The Balaban J connectivity index is 1.98. The summed E-state index contributed by atoms with van der Waals surface area (Å²) < 4.78 is 15.2. The second-order valence-corrected chi connectivity index (χ2v) is 3.81. The highest BCUT2D eigenvalue weighted by Crippen LogP contribution is 2.29. The van der Waals surface area contributed by atoms with Crippen molar-refractivity contribution in [1.29, 1.82) is 0 Å². The average Bonchev–Trinajstić information content (AvgIpc) is 2.88. The average molecular weight is 247 g/mol. The van der Waals surface area contributed by atoms with Crippen LogP contribution < -0.4 is 4.74 Å². The van der Waals surface area contributed by atoms with Crippen molar-refractivity contribution in [1.82, 2.24) is 5.16 Å². The van der Waals surface area contributed by atoms with Crippen LogP contribution in [-0.2, 0) is 11.3 Å². The van der Waals surface area contributed by atoms with Crippen molar-refractivity contribution in [2.75, 3.05) is 6.79 Å². The molecule has 0 saturated heterocycles. The number of carboxylic acids is 1. The van der Waals surface area contributed by atoms with Crippen LogP contribution in [-0.4, -0.2) is 23.0 Å². The Morgan fingerprint density at radius 2 is 2.22 bits per heavy atom. The fourth-order valence-electron chi connectivity index (χ4n) is 1.76. The molecule has 6 nitrogen and oxygen atoms in total. The molecule has 0 atom stereocenters. The second-order valence-electron chi connectivity index (χ2n) is 3.81. The van der Waals surface area contributed by atoms with Gasteiger partial charge in [-0.3, -0.25) is 0 Å². The highest BCUT2D eigenvalue weighted by atomic mass is 16.7. The van der Waals surface area contributed by atoms with E-state index in [0.717, 1.165) is 16.9 Å². The first-order chi connectivity index (χ1) is 8.74. The molecule has 0 spiro atoms. The molecule has 1 aromatic heterocycles. The Morgan fingerprint density at radius 3 is 3.00 bits per heavy atom. The lowest BCUT2D eigenvalue weighted by molar-refractivity contribution is -0.0163. The summed E-state index contributed by atoms with van der Waals surface area (Å²) in [7, 11) is 0. The summed E-state index contributed by atoms with van der Waals surface area (Å²) in [4.78, 5) is 10.7. The molecule has 3 rings (SSSR count). The van der Waals surface area contributed by atoms with Crippen molar-refractivity contribution in [3.8, 4) is 17.0 Å². The number of hydrogen-bond donors (Lipinski definition) is 1. The molecule has 0 aliphatic carbocycles. The van der Waals surface area contributed by atoms with Gasteiger partial charge in [0.1, 0.15) is 11.4 Å². The van der Waals surface area contributed by atoms with Gasteiger partial charge in [0, 0.05) is 17.2 Å². The predicted octanol–water partition coefficient (Wildman–Crippen LogP) is 1.91. The van der Waals surface area contributed by atoms with E-state index in [1.807, 2.05) is 12.1 Å². The van der Waals surface area contributed by atoms with Gasteiger partial charge in [-0.05, 0) is 18.2 Å². The van der Waals surface area contributed by atoms with E-state index in [9.17, 15) is 4.79 Å². The molecule has 1 aromatic carbocycles. The summed E-state index contributed by atoms with van der Waals surface area (Å²) in [5.41, 5.74) is 2.14. The molecule has 6 heteroatoms. The number of fused-ring (bicyclic) bond motifs is 1. The number of aromatic nitrogens is 1. The maximum absolute atomic E-state index is 10.7. The Labute approximate surface area is 102 Å². The number of carbonyl (C=O) groups is 1. The number of carboxylic acid groups (broad SMARTS) is 1. The Bertz CT molecular complexity index is 604. The van der Waals surface area contributed by atoms with Crippen LogP contribution in [0.1, 0.15) is 16.1 Å². The first-order valence-electron chi connectivity index (χ1n) is 5.28. The number of ether oxygens (including phenoxy) is 2. The molecule has 18 heavy (non-hydrogen) atoms. The summed E-state index contributed by atoms with van der Waals surface area (Å²) in [6, 6.07) is 6.84. The topological polar surface area (TPSA) is 81.8 Å². The molecule has 0 unspecified atom stereocenters. The number of rotatable bonds is 2. The minimum Gasteiger partial charge on any atom is -0.475 e. The summed E-state index contributed by atoms with van der Waals surface area (Å²) in [5.74, 6) is -0.555. The molecule has 1 N–H and O–H groups in total. The maximum atomic E-state index is 10.7. The minimum absolute atomic E-state index is 0.185.